The lowest BCUT2D eigenvalue weighted by Crippen LogP contribution is -2.44. The predicted molar refractivity (Wildman–Crippen MR) is 147 cm³/mol. The van der Waals surface area contributed by atoms with Crippen LogP contribution in [0.5, 0.6) is 0 Å². The fraction of sp³-hybridized carbons (Fsp3) is 0.367. The fourth-order valence-electron chi connectivity index (χ4n) is 4.95. The van der Waals surface area contributed by atoms with Crippen LogP contribution >= 0.6 is 0 Å². The summed E-state index contributed by atoms with van der Waals surface area (Å²) in [5.74, 6) is 5.84. The van der Waals surface area contributed by atoms with Crippen molar-refractivity contribution in [1.82, 2.24) is 24.4 Å². The molecular weight excluding hydrogens is 517 g/mol. The van der Waals surface area contributed by atoms with E-state index in [2.05, 4.69) is 32.1 Å². The number of carbonyl (C=O) groups excluding carboxylic acids is 1. The number of alkyl halides is 3. The van der Waals surface area contributed by atoms with Crippen LogP contribution in [0.2, 0.25) is 0 Å². The minimum atomic E-state index is -4.53. The van der Waals surface area contributed by atoms with Gasteiger partial charge in [0.15, 0.2) is 5.65 Å². The summed E-state index contributed by atoms with van der Waals surface area (Å²) in [7, 11) is 2.00. The van der Waals surface area contributed by atoms with Crippen molar-refractivity contribution < 1.29 is 18.0 Å². The number of likely N-dealkylation sites (N-methyl/N-ethyl adjacent to an activating group) is 1. The number of hydrogen-bond donors (Lipinski definition) is 1. The molecule has 1 fully saturated rings. The maximum absolute atomic E-state index is 14.0. The molecule has 1 saturated heterocycles. The second-order valence-corrected chi connectivity index (χ2v) is 10.5. The molecule has 2 aliphatic rings. The van der Waals surface area contributed by atoms with E-state index in [0.717, 1.165) is 24.7 Å². The Morgan fingerprint density at radius 1 is 1.15 bits per heavy atom. The Labute approximate surface area is 231 Å². The summed E-state index contributed by atoms with van der Waals surface area (Å²) in [6.07, 6.45) is 0.948. The molecule has 3 heterocycles. The van der Waals surface area contributed by atoms with Gasteiger partial charge in [0.05, 0.1) is 11.8 Å². The maximum Gasteiger partial charge on any atom is 0.416 e. The van der Waals surface area contributed by atoms with Crippen LogP contribution in [0.1, 0.15) is 37.1 Å². The number of anilines is 1. The van der Waals surface area contributed by atoms with Crippen molar-refractivity contribution in [2.24, 2.45) is 5.92 Å². The zero-order chi connectivity index (χ0) is 28.4. The van der Waals surface area contributed by atoms with Crippen LogP contribution in [-0.4, -0.2) is 63.5 Å². The average Bonchev–Trinajstić information content (AvgIpc) is 3.34. The highest BCUT2D eigenvalue weighted by atomic mass is 19.4. The third-order valence-electron chi connectivity index (χ3n) is 7.57. The van der Waals surface area contributed by atoms with Gasteiger partial charge in [0, 0.05) is 55.8 Å². The van der Waals surface area contributed by atoms with Crippen molar-refractivity contribution in [3.63, 3.8) is 0 Å². The average molecular weight is 549 g/mol. The molecule has 0 spiro atoms. The zero-order valence-electron chi connectivity index (χ0n) is 22.7. The van der Waals surface area contributed by atoms with Crippen molar-refractivity contribution in [1.29, 1.82) is 0 Å². The van der Waals surface area contributed by atoms with Crippen LogP contribution in [0.4, 0.5) is 18.9 Å². The van der Waals surface area contributed by atoms with Gasteiger partial charge < -0.3 is 10.2 Å². The first-order valence-corrected chi connectivity index (χ1v) is 13.2. The van der Waals surface area contributed by atoms with E-state index in [1.807, 2.05) is 31.9 Å². The molecule has 7 nitrogen and oxygen atoms in total. The molecule has 2 aromatic heterocycles. The second-order valence-electron chi connectivity index (χ2n) is 10.5. The van der Waals surface area contributed by atoms with Crippen molar-refractivity contribution >= 4 is 17.2 Å². The molecule has 10 heteroatoms. The third-order valence-corrected chi connectivity index (χ3v) is 7.57. The van der Waals surface area contributed by atoms with Gasteiger partial charge in [-0.1, -0.05) is 24.5 Å². The van der Waals surface area contributed by atoms with Gasteiger partial charge in [0.25, 0.3) is 5.91 Å². The quantitative estimate of drug-likeness (QED) is 0.476. The lowest BCUT2D eigenvalue weighted by atomic mass is 9.84. The fourth-order valence-corrected chi connectivity index (χ4v) is 4.95. The molecule has 1 amide bonds. The molecule has 1 unspecified atom stereocenters. The lowest BCUT2D eigenvalue weighted by Gasteiger charge is -2.33. The van der Waals surface area contributed by atoms with Gasteiger partial charge in [-0.05, 0) is 68.1 Å². The molecule has 0 bridgehead atoms. The first-order chi connectivity index (χ1) is 19.1. The molecule has 1 atom stereocenters. The number of nitrogens with zero attached hydrogens (tertiary/aromatic N) is 5. The summed E-state index contributed by atoms with van der Waals surface area (Å²) in [5, 5.41) is 6.95. The summed E-state index contributed by atoms with van der Waals surface area (Å²) in [6.45, 7) is 7.25. The highest BCUT2D eigenvalue weighted by molar-refractivity contribution is 6.04. The molecule has 208 valence electrons. The smallest absolute Gasteiger partial charge is 0.322 e. The molecule has 0 saturated carbocycles. The highest BCUT2D eigenvalue weighted by Gasteiger charge is 2.34. The maximum atomic E-state index is 14.0. The van der Waals surface area contributed by atoms with E-state index in [9.17, 15) is 18.0 Å². The Morgan fingerprint density at radius 3 is 2.67 bits per heavy atom. The molecule has 1 aliphatic heterocycles. The topological polar surface area (TPSA) is 65.8 Å². The van der Waals surface area contributed by atoms with Crippen LogP contribution in [0, 0.1) is 17.8 Å². The van der Waals surface area contributed by atoms with Crippen molar-refractivity contribution in [2.75, 3.05) is 38.5 Å². The van der Waals surface area contributed by atoms with Gasteiger partial charge in [-0.3, -0.25) is 9.69 Å². The first kappa shape index (κ1) is 27.6. The van der Waals surface area contributed by atoms with Gasteiger partial charge in [-0.25, -0.2) is 9.50 Å². The number of piperazine rings is 1. The number of benzene rings is 1. The van der Waals surface area contributed by atoms with Gasteiger partial charge >= 0.3 is 6.18 Å². The summed E-state index contributed by atoms with van der Waals surface area (Å²) < 4.78 is 43.6. The van der Waals surface area contributed by atoms with Gasteiger partial charge in [-0.15, -0.1) is 0 Å². The Morgan fingerprint density at radius 2 is 1.93 bits per heavy atom. The predicted octanol–water partition coefficient (Wildman–Crippen LogP) is 4.77. The van der Waals surface area contributed by atoms with Gasteiger partial charge in [0.2, 0.25) is 0 Å². The zero-order valence-corrected chi connectivity index (χ0v) is 22.7. The molecule has 3 aromatic rings. The molecule has 0 radical (unpaired) electrons. The lowest BCUT2D eigenvalue weighted by molar-refractivity contribution is -0.138. The Balaban J connectivity index is 1.35. The number of hydrogen-bond acceptors (Lipinski definition) is 5. The Kier molecular flexibility index (Phi) is 7.79. The SMILES string of the molecule is CC1=C(C#Cc2cnc3cccnn23)C=C(C(=O)Nc2ccc(CN3CCN(C)CC3)c(C(F)(F)F)c2)CC1C. The van der Waals surface area contributed by atoms with E-state index in [1.54, 1.807) is 35.1 Å². The number of halogens is 3. The molecule has 1 aliphatic carbocycles. The number of rotatable bonds is 4. The van der Waals surface area contributed by atoms with Gasteiger partial charge in [0.1, 0.15) is 5.69 Å². The molecule has 5 rings (SSSR count). The molecular formula is C30H31F3N6O. The minimum Gasteiger partial charge on any atom is -0.322 e. The standard InChI is InChI=1S/C30H31F3N6O/c1-20-15-24(16-22(21(20)2)7-9-26-18-34-28-5-4-10-35-39(26)28)29(40)36-25-8-6-23(27(17-25)30(31,32)33)19-38-13-11-37(3)12-14-38/h4-6,8,10,16-18,20H,11-15,19H2,1-3H3,(H,36,40). The summed E-state index contributed by atoms with van der Waals surface area (Å²) in [5.41, 5.74) is 3.10. The monoisotopic (exact) mass is 548 g/mol. The van der Waals surface area contributed by atoms with Crippen LogP contribution in [0.3, 0.4) is 0 Å². The Bertz CT molecular complexity index is 1550. The summed E-state index contributed by atoms with van der Waals surface area (Å²) >= 11 is 0. The normalized spacial score (nSPS) is 18.9. The highest BCUT2D eigenvalue weighted by Crippen LogP contribution is 2.35. The van der Waals surface area contributed by atoms with Gasteiger partial charge in [-0.2, -0.15) is 18.3 Å². The largest absolute Gasteiger partial charge is 0.416 e. The number of fused-ring (bicyclic) bond motifs is 1. The number of imidazole rings is 1. The molecule has 1 N–H and O–H groups in total. The van der Waals surface area contributed by atoms with Crippen LogP contribution in [0.25, 0.3) is 5.65 Å². The van der Waals surface area contributed by atoms with E-state index < -0.39 is 17.6 Å². The first-order valence-electron chi connectivity index (χ1n) is 13.2. The van der Waals surface area contributed by atoms with Crippen molar-refractivity contribution in [2.45, 2.75) is 33.0 Å². The molecule has 1 aromatic carbocycles. The number of allylic oxidation sites excluding steroid dienone is 3. The summed E-state index contributed by atoms with van der Waals surface area (Å²) in [6, 6.07) is 7.68. The van der Waals surface area contributed by atoms with E-state index in [1.165, 1.54) is 6.07 Å². The second kappa shape index (κ2) is 11.3. The van der Waals surface area contributed by atoms with Crippen LogP contribution in [-0.2, 0) is 17.5 Å². The van der Waals surface area contributed by atoms with Crippen molar-refractivity contribution in [3.8, 4) is 11.8 Å². The van der Waals surface area contributed by atoms with E-state index in [-0.39, 0.29) is 23.7 Å². The van der Waals surface area contributed by atoms with Crippen LogP contribution < -0.4 is 5.32 Å². The van der Waals surface area contributed by atoms with E-state index >= 15 is 0 Å². The number of amides is 1. The number of aromatic nitrogens is 3. The molecule has 40 heavy (non-hydrogen) atoms. The Hall–Kier alpha value is -3.94. The summed E-state index contributed by atoms with van der Waals surface area (Å²) in [4.78, 5) is 21.7. The number of carbonyl (C=O) groups is 1. The van der Waals surface area contributed by atoms with Crippen molar-refractivity contribution in [3.05, 3.63) is 82.3 Å². The number of nitrogens with one attached hydrogen (secondary N) is 1. The van der Waals surface area contributed by atoms with Crippen LogP contribution in [0.15, 0.2) is 65.5 Å². The van der Waals surface area contributed by atoms with E-state index in [0.29, 0.717) is 42.0 Å². The minimum absolute atomic E-state index is 0.0482. The van der Waals surface area contributed by atoms with E-state index in [4.69, 9.17) is 0 Å². The third kappa shape index (κ3) is 6.11.